The molecule has 132 valence electrons. The molecule has 0 aliphatic carbocycles. The highest BCUT2D eigenvalue weighted by Crippen LogP contribution is 2.18. The number of carbonyl (C=O) groups excluding carboxylic acids is 1. The molecule has 23 heavy (non-hydrogen) atoms. The lowest BCUT2D eigenvalue weighted by atomic mass is 9.95. The minimum atomic E-state index is -1.22. The van der Waals surface area contributed by atoms with Crippen LogP contribution >= 0.6 is 0 Å². The monoisotopic (exact) mass is 328 g/mol. The predicted octanol–water partition coefficient (Wildman–Crippen LogP) is 3.26. The van der Waals surface area contributed by atoms with Crippen molar-refractivity contribution in [1.29, 1.82) is 0 Å². The summed E-state index contributed by atoms with van der Waals surface area (Å²) in [6, 6.07) is 0. The zero-order valence-corrected chi connectivity index (χ0v) is 14.0. The molecular formula is C17H28O6. The summed E-state index contributed by atoms with van der Waals surface area (Å²) in [5, 5.41) is 17.8. The maximum atomic E-state index is 11.7. The fourth-order valence-electron chi connectivity index (χ4n) is 2.17. The van der Waals surface area contributed by atoms with E-state index in [1.165, 1.54) is 0 Å². The highest BCUT2D eigenvalue weighted by atomic mass is 16.5. The quantitative estimate of drug-likeness (QED) is 0.397. The van der Waals surface area contributed by atoms with Crippen LogP contribution in [0.3, 0.4) is 0 Å². The summed E-state index contributed by atoms with van der Waals surface area (Å²) in [4.78, 5) is 33.6. The molecule has 0 aromatic heterocycles. The second-order valence-corrected chi connectivity index (χ2v) is 5.79. The van der Waals surface area contributed by atoms with Gasteiger partial charge >= 0.3 is 17.9 Å². The van der Waals surface area contributed by atoms with E-state index in [1.54, 1.807) is 0 Å². The minimum absolute atomic E-state index is 0.0337. The van der Waals surface area contributed by atoms with Crippen LogP contribution in [0, 0.1) is 11.8 Å². The van der Waals surface area contributed by atoms with Crippen molar-refractivity contribution in [1.82, 2.24) is 0 Å². The van der Waals surface area contributed by atoms with Crippen LogP contribution in [-0.2, 0) is 19.1 Å². The molecule has 0 aromatic carbocycles. The van der Waals surface area contributed by atoms with Gasteiger partial charge in [0.1, 0.15) is 0 Å². The average Bonchev–Trinajstić information content (AvgIpc) is 2.50. The number of ether oxygens (including phenoxy) is 1. The number of aliphatic carboxylic acids is 2. The van der Waals surface area contributed by atoms with Gasteiger partial charge in [-0.15, -0.1) is 0 Å². The lowest BCUT2D eigenvalue weighted by Gasteiger charge is -2.15. The van der Waals surface area contributed by atoms with E-state index in [0.29, 0.717) is 12.5 Å². The van der Waals surface area contributed by atoms with Gasteiger partial charge in [-0.05, 0) is 25.2 Å². The Hall–Kier alpha value is -1.85. The first-order valence-corrected chi connectivity index (χ1v) is 8.11. The number of unbranched alkanes of at least 4 members (excludes halogenated alkanes) is 1. The average molecular weight is 328 g/mol. The SMILES string of the molecule is C=C(CC(CCC(=O)OCC(CC)CCCC)C(=O)O)C(=O)O. The van der Waals surface area contributed by atoms with Crippen molar-refractivity contribution in [2.45, 2.75) is 58.8 Å². The third kappa shape index (κ3) is 9.71. The molecule has 0 spiro atoms. The van der Waals surface area contributed by atoms with E-state index in [1.807, 2.05) is 6.92 Å². The molecular weight excluding hydrogens is 300 g/mol. The first kappa shape index (κ1) is 21.1. The van der Waals surface area contributed by atoms with Crippen LogP contribution in [0.2, 0.25) is 0 Å². The highest BCUT2D eigenvalue weighted by Gasteiger charge is 2.22. The molecule has 0 radical (unpaired) electrons. The number of hydrogen-bond donors (Lipinski definition) is 2. The third-order valence-corrected chi connectivity index (χ3v) is 3.86. The normalized spacial score (nSPS) is 13.1. The molecule has 0 fully saturated rings. The molecule has 0 amide bonds. The number of rotatable bonds is 13. The Morgan fingerprint density at radius 1 is 1.13 bits per heavy atom. The summed E-state index contributed by atoms with van der Waals surface area (Å²) in [6.07, 6.45) is 3.97. The van der Waals surface area contributed by atoms with E-state index in [4.69, 9.17) is 14.9 Å². The fraction of sp³-hybridized carbons (Fsp3) is 0.706. The Balaban J connectivity index is 4.24. The van der Waals surface area contributed by atoms with Gasteiger partial charge in [0.2, 0.25) is 0 Å². The van der Waals surface area contributed by atoms with Crippen molar-refractivity contribution >= 4 is 17.9 Å². The van der Waals surface area contributed by atoms with Crippen molar-refractivity contribution in [3.8, 4) is 0 Å². The Morgan fingerprint density at radius 3 is 2.26 bits per heavy atom. The molecule has 2 atom stereocenters. The molecule has 0 bridgehead atoms. The fourth-order valence-corrected chi connectivity index (χ4v) is 2.17. The summed E-state index contributed by atoms with van der Waals surface area (Å²) in [5.41, 5.74) is -0.170. The second kappa shape index (κ2) is 11.7. The summed E-state index contributed by atoms with van der Waals surface area (Å²) in [6.45, 7) is 7.83. The second-order valence-electron chi connectivity index (χ2n) is 5.79. The van der Waals surface area contributed by atoms with Gasteiger partial charge < -0.3 is 14.9 Å². The molecule has 0 aliphatic heterocycles. The number of carboxylic acids is 2. The molecule has 0 aromatic rings. The van der Waals surface area contributed by atoms with E-state index >= 15 is 0 Å². The van der Waals surface area contributed by atoms with Crippen LogP contribution in [0.1, 0.15) is 58.8 Å². The van der Waals surface area contributed by atoms with Crippen LogP contribution in [0.5, 0.6) is 0 Å². The molecule has 0 heterocycles. The van der Waals surface area contributed by atoms with E-state index in [2.05, 4.69) is 13.5 Å². The van der Waals surface area contributed by atoms with E-state index in [0.717, 1.165) is 25.7 Å². The van der Waals surface area contributed by atoms with Crippen molar-refractivity contribution in [2.24, 2.45) is 11.8 Å². The van der Waals surface area contributed by atoms with Gasteiger partial charge in [0.05, 0.1) is 12.5 Å². The summed E-state index contributed by atoms with van der Waals surface area (Å²) in [7, 11) is 0. The first-order valence-electron chi connectivity index (χ1n) is 8.11. The molecule has 2 N–H and O–H groups in total. The highest BCUT2D eigenvalue weighted by molar-refractivity contribution is 5.87. The Morgan fingerprint density at radius 2 is 1.78 bits per heavy atom. The summed E-state index contributed by atoms with van der Waals surface area (Å²) < 4.78 is 5.20. The smallest absolute Gasteiger partial charge is 0.330 e. The predicted molar refractivity (Wildman–Crippen MR) is 86.0 cm³/mol. The maximum Gasteiger partial charge on any atom is 0.330 e. The zero-order chi connectivity index (χ0) is 17.8. The molecule has 0 saturated heterocycles. The van der Waals surface area contributed by atoms with Gasteiger partial charge in [0, 0.05) is 12.0 Å². The van der Waals surface area contributed by atoms with Gasteiger partial charge in [-0.25, -0.2) is 4.79 Å². The topological polar surface area (TPSA) is 101 Å². The summed E-state index contributed by atoms with van der Waals surface area (Å²) in [5.74, 6) is -3.39. The van der Waals surface area contributed by atoms with Gasteiger partial charge in [-0.1, -0.05) is 39.7 Å². The molecule has 6 nitrogen and oxygen atoms in total. The van der Waals surface area contributed by atoms with Gasteiger partial charge in [-0.3, -0.25) is 9.59 Å². The summed E-state index contributed by atoms with van der Waals surface area (Å²) >= 11 is 0. The molecule has 6 heteroatoms. The Kier molecular flexibility index (Phi) is 10.7. The Bertz CT molecular complexity index is 415. The lowest BCUT2D eigenvalue weighted by molar-refractivity contribution is -0.146. The number of esters is 1. The first-order chi connectivity index (χ1) is 10.8. The Labute approximate surface area is 137 Å². The van der Waals surface area contributed by atoms with Gasteiger partial charge in [0.15, 0.2) is 0 Å². The number of carbonyl (C=O) groups is 3. The zero-order valence-electron chi connectivity index (χ0n) is 14.0. The molecule has 0 aliphatic rings. The van der Waals surface area contributed by atoms with Crippen molar-refractivity contribution in [3.63, 3.8) is 0 Å². The number of carboxylic acid groups (broad SMARTS) is 2. The molecule has 0 saturated carbocycles. The standard InChI is InChI=1S/C17H28O6/c1-4-6-7-13(5-2)11-23-15(18)9-8-14(17(21)22)10-12(3)16(19)20/h13-14H,3-11H2,1-2H3,(H,19,20)(H,21,22). The van der Waals surface area contributed by atoms with E-state index in [-0.39, 0.29) is 24.8 Å². The van der Waals surface area contributed by atoms with Crippen LogP contribution < -0.4 is 0 Å². The molecule has 2 unspecified atom stereocenters. The van der Waals surface area contributed by atoms with Crippen LogP contribution in [0.15, 0.2) is 12.2 Å². The minimum Gasteiger partial charge on any atom is -0.481 e. The van der Waals surface area contributed by atoms with Gasteiger partial charge in [0.25, 0.3) is 0 Å². The maximum absolute atomic E-state index is 11.7. The van der Waals surface area contributed by atoms with Crippen molar-refractivity contribution in [2.75, 3.05) is 6.61 Å². The van der Waals surface area contributed by atoms with Crippen LogP contribution in [0.25, 0.3) is 0 Å². The van der Waals surface area contributed by atoms with Crippen LogP contribution in [0.4, 0.5) is 0 Å². The van der Waals surface area contributed by atoms with Crippen LogP contribution in [-0.4, -0.2) is 34.7 Å². The molecule has 0 rings (SSSR count). The van der Waals surface area contributed by atoms with E-state index < -0.39 is 23.8 Å². The third-order valence-electron chi connectivity index (χ3n) is 3.86. The van der Waals surface area contributed by atoms with E-state index in [9.17, 15) is 14.4 Å². The van der Waals surface area contributed by atoms with Crippen molar-refractivity contribution < 1.29 is 29.3 Å². The largest absolute Gasteiger partial charge is 0.481 e. The van der Waals surface area contributed by atoms with Gasteiger partial charge in [-0.2, -0.15) is 0 Å². The number of hydrogen-bond acceptors (Lipinski definition) is 4. The lowest BCUT2D eigenvalue weighted by Crippen LogP contribution is -2.19. The van der Waals surface area contributed by atoms with Crippen molar-refractivity contribution in [3.05, 3.63) is 12.2 Å².